The van der Waals surface area contributed by atoms with E-state index < -0.39 is 35.7 Å². The number of ether oxygens (including phenoxy) is 6. The fraction of sp³-hybridized carbons (Fsp3) is 0.778. The molecule has 2 aliphatic rings. The number of carbonyl (C=O) groups is 4. The van der Waals surface area contributed by atoms with E-state index in [-0.39, 0.29) is 63.9 Å². The van der Waals surface area contributed by atoms with Crippen LogP contribution in [0.3, 0.4) is 0 Å². The van der Waals surface area contributed by atoms with Gasteiger partial charge in [0.2, 0.25) is 0 Å². The predicted molar refractivity (Wildman–Crippen MR) is 102 cm³/mol. The first-order valence-electron chi connectivity index (χ1n) is 9.57. The van der Waals surface area contributed by atoms with Gasteiger partial charge in [-0.2, -0.15) is 0 Å². The number of halogens is 1. The van der Waals surface area contributed by atoms with Crippen LogP contribution in [0.2, 0.25) is 0 Å². The Morgan fingerprint density at radius 3 is 1.87 bits per heavy atom. The van der Waals surface area contributed by atoms with Crippen molar-refractivity contribution in [3.8, 4) is 0 Å². The minimum Gasteiger partial charge on any atom is -0.462 e. The van der Waals surface area contributed by atoms with Gasteiger partial charge in [-0.05, 0) is 32.6 Å². The Bertz CT molecular complexity index is 630. The van der Waals surface area contributed by atoms with E-state index in [9.17, 15) is 19.2 Å². The number of hydrogen-bond donors (Lipinski definition) is 1. The molecule has 0 aromatic carbocycles. The van der Waals surface area contributed by atoms with Gasteiger partial charge >= 0.3 is 24.2 Å². The van der Waals surface area contributed by atoms with Gasteiger partial charge in [-0.1, -0.05) is 0 Å². The van der Waals surface area contributed by atoms with Crippen molar-refractivity contribution in [2.24, 2.45) is 23.5 Å². The molecule has 2 fully saturated rings. The minimum absolute atomic E-state index is 0. The zero-order valence-corrected chi connectivity index (χ0v) is 17.8. The fourth-order valence-electron chi connectivity index (χ4n) is 3.64. The quantitative estimate of drug-likeness (QED) is 0.288. The van der Waals surface area contributed by atoms with Gasteiger partial charge in [-0.25, -0.2) is 9.59 Å². The molecule has 2 N–H and O–H groups in total. The maximum Gasteiger partial charge on any atom is 0.508 e. The second-order valence-corrected chi connectivity index (χ2v) is 6.66. The van der Waals surface area contributed by atoms with Crippen LogP contribution in [0, 0.1) is 17.8 Å². The molecular weight excluding hydrogens is 426 g/mol. The molecule has 2 rings (SSSR count). The molecule has 0 aliphatic heterocycles. The van der Waals surface area contributed by atoms with Crippen LogP contribution in [-0.2, 0) is 38.0 Å². The van der Waals surface area contributed by atoms with E-state index in [0.717, 1.165) is 0 Å². The van der Waals surface area contributed by atoms with E-state index >= 15 is 0 Å². The smallest absolute Gasteiger partial charge is 0.462 e. The molecule has 0 spiro atoms. The van der Waals surface area contributed by atoms with Crippen molar-refractivity contribution in [2.75, 3.05) is 39.6 Å². The first kappa shape index (κ1) is 25.8. The Labute approximate surface area is 180 Å². The SMILES string of the molecule is CCOC(=O)OCCOC(=O)[C@H]1[C@@H]2CC[C@@](N)(C(=O)OCCOC(=O)OCC)[C@@H]21.Cl. The van der Waals surface area contributed by atoms with Gasteiger partial charge < -0.3 is 34.2 Å². The van der Waals surface area contributed by atoms with Crippen LogP contribution >= 0.6 is 12.4 Å². The van der Waals surface area contributed by atoms with Crippen LogP contribution in [0.15, 0.2) is 0 Å². The van der Waals surface area contributed by atoms with Crippen LogP contribution < -0.4 is 5.73 Å². The van der Waals surface area contributed by atoms with Crippen LogP contribution in [0.25, 0.3) is 0 Å². The molecular formula is C18H28ClNO10. The van der Waals surface area contributed by atoms with Crippen molar-refractivity contribution in [2.45, 2.75) is 32.2 Å². The highest BCUT2D eigenvalue weighted by atomic mass is 35.5. The summed E-state index contributed by atoms with van der Waals surface area (Å²) < 4.78 is 28.8. The number of carbonyl (C=O) groups excluding carboxylic acids is 4. The van der Waals surface area contributed by atoms with Crippen molar-refractivity contribution < 1.29 is 47.6 Å². The number of nitrogens with two attached hydrogens (primary N) is 1. The molecule has 0 aromatic rings. The van der Waals surface area contributed by atoms with Crippen molar-refractivity contribution >= 4 is 36.7 Å². The minimum atomic E-state index is -1.28. The molecule has 0 radical (unpaired) electrons. The van der Waals surface area contributed by atoms with Gasteiger partial charge in [0, 0.05) is 5.92 Å². The molecule has 2 aliphatic carbocycles. The average Bonchev–Trinajstić information content (AvgIpc) is 3.32. The van der Waals surface area contributed by atoms with E-state index in [4.69, 9.17) is 24.7 Å². The second kappa shape index (κ2) is 11.8. The summed E-state index contributed by atoms with van der Waals surface area (Å²) in [6, 6.07) is 0. The van der Waals surface area contributed by atoms with Gasteiger partial charge in [0.05, 0.1) is 19.1 Å². The molecule has 0 bridgehead atoms. The molecule has 0 aromatic heterocycles. The molecule has 4 atom stereocenters. The standard InChI is InChI=1S/C18H27NO10.ClH/c1-3-24-16(22)28-9-7-26-14(20)12-11-5-6-18(19,13(11)12)15(21)27-8-10-29-17(23)25-4-2;/h11-13H,3-10,19H2,1-2H3;1H/t11-,12-,13-,18-;/m0./s1. The topological polar surface area (TPSA) is 150 Å². The van der Waals surface area contributed by atoms with Crippen molar-refractivity contribution in [3.63, 3.8) is 0 Å². The lowest BCUT2D eigenvalue weighted by Crippen LogP contribution is -2.51. The highest BCUT2D eigenvalue weighted by molar-refractivity contribution is 5.87. The predicted octanol–water partition coefficient (Wildman–Crippen LogP) is 1.19. The summed E-state index contributed by atoms with van der Waals surface area (Å²) in [4.78, 5) is 46.7. The lowest BCUT2D eigenvalue weighted by atomic mass is 9.91. The van der Waals surface area contributed by atoms with Crippen LogP contribution in [-0.4, -0.2) is 69.4 Å². The fourth-order valence-corrected chi connectivity index (χ4v) is 3.64. The Morgan fingerprint density at radius 2 is 1.33 bits per heavy atom. The summed E-state index contributed by atoms with van der Waals surface area (Å²) in [7, 11) is 0. The van der Waals surface area contributed by atoms with Gasteiger partial charge in [0.15, 0.2) is 0 Å². The Morgan fingerprint density at radius 1 is 0.833 bits per heavy atom. The highest BCUT2D eigenvalue weighted by Gasteiger charge is 2.70. The molecule has 2 saturated carbocycles. The number of esters is 2. The molecule has 11 nitrogen and oxygen atoms in total. The lowest BCUT2D eigenvalue weighted by Gasteiger charge is -2.24. The third kappa shape index (κ3) is 6.36. The second-order valence-electron chi connectivity index (χ2n) is 6.66. The summed E-state index contributed by atoms with van der Waals surface area (Å²) in [5.74, 6) is -2.01. The first-order valence-corrected chi connectivity index (χ1v) is 9.57. The Balaban J connectivity index is 0.00000450. The van der Waals surface area contributed by atoms with Gasteiger partial charge in [-0.3, -0.25) is 9.59 Å². The Hall–Kier alpha value is -2.27. The van der Waals surface area contributed by atoms with Crippen molar-refractivity contribution in [3.05, 3.63) is 0 Å². The van der Waals surface area contributed by atoms with E-state index in [0.29, 0.717) is 12.8 Å². The summed E-state index contributed by atoms with van der Waals surface area (Å²) >= 11 is 0. The zero-order chi connectivity index (χ0) is 21.4. The summed E-state index contributed by atoms with van der Waals surface area (Å²) in [5.41, 5.74) is 4.95. The van der Waals surface area contributed by atoms with Crippen LogP contribution in [0.4, 0.5) is 9.59 Å². The molecule has 0 unspecified atom stereocenters. The molecule has 0 heterocycles. The molecule has 0 saturated heterocycles. The van der Waals surface area contributed by atoms with Gasteiger partial charge in [0.25, 0.3) is 0 Å². The third-order valence-electron chi connectivity index (χ3n) is 4.92. The number of rotatable bonds is 10. The zero-order valence-electron chi connectivity index (χ0n) is 17.0. The largest absolute Gasteiger partial charge is 0.508 e. The van der Waals surface area contributed by atoms with E-state index in [1.54, 1.807) is 13.8 Å². The average molecular weight is 454 g/mol. The normalized spacial score (nSPS) is 25.8. The van der Waals surface area contributed by atoms with Crippen molar-refractivity contribution in [1.82, 2.24) is 0 Å². The Kier molecular flexibility index (Phi) is 10.1. The summed E-state index contributed by atoms with van der Waals surface area (Å²) in [5, 5.41) is 0. The van der Waals surface area contributed by atoms with Crippen LogP contribution in [0.5, 0.6) is 0 Å². The first-order chi connectivity index (χ1) is 13.8. The van der Waals surface area contributed by atoms with Gasteiger partial charge in [-0.15, -0.1) is 12.4 Å². The third-order valence-corrected chi connectivity index (χ3v) is 4.92. The molecule has 12 heteroatoms. The number of fused-ring (bicyclic) bond motifs is 1. The number of hydrogen-bond acceptors (Lipinski definition) is 11. The van der Waals surface area contributed by atoms with E-state index in [1.165, 1.54) is 0 Å². The maximum atomic E-state index is 12.4. The molecule has 30 heavy (non-hydrogen) atoms. The highest BCUT2D eigenvalue weighted by Crippen LogP contribution is 2.62. The van der Waals surface area contributed by atoms with Crippen LogP contribution in [0.1, 0.15) is 26.7 Å². The molecule has 172 valence electrons. The van der Waals surface area contributed by atoms with E-state index in [1.807, 2.05) is 0 Å². The summed E-state index contributed by atoms with van der Waals surface area (Å²) in [6.07, 6.45) is -0.670. The van der Waals surface area contributed by atoms with Crippen molar-refractivity contribution in [1.29, 1.82) is 0 Å². The molecule has 0 amide bonds. The van der Waals surface area contributed by atoms with E-state index in [2.05, 4.69) is 9.47 Å². The maximum absolute atomic E-state index is 12.4. The summed E-state index contributed by atoms with van der Waals surface area (Å²) in [6.45, 7) is 3.11. The van der Waals surface area contributed by atoms with Gasteiger partial charge in [0.1, 0.15) is 32.0 Å². The lowest BCUT2D eigenvalue weighted by molar-refractivity contribution is -0.153. The monoisotopic (exact) mass is 453 g/mol.